The van der Waals surface area contributed by atoms with Crippen LogP contribution in [0.15, 0.2) is 78.9 Å². The number of halogens is 2. The van der Waals surface area contributed by atoms with Gasteiger partial charge in [-0.3, -0.25) is 0 Å². The molecule has 29 heavy (non-hydrogen) atoms. The summed E-state index contributed by atoms with van der Waals surface area (Å²) in [6.45, 7) is 1.94. The van der Waals surface area contributed by atoms with Crippen molar-refractivity contribution in [2.45, 2.75) is 11.8 Å². The van der Waals surface area contributed by atoms with Crippen molar-refractivity contribution in [3.05, 3.63) is 102 Å². The third kappa shape index (κ3) is 3.76. The minimum absolute atomic E-state index is 0.244. The first-order valence-electron chi connectivity index (χ1n) is 9.91. The molecule has 0 amide bonds. The summed E-state index contributed by atoms with van der Waals surface area (Å²) in [7, 11) is 0. The van der Waals surface area contributed by atoms with Crippen LogP contribution in [0.3, 0.4) is 0 Å². The Morgan fingerprint density at radius 1 is 0.931 bits per heavy atom. The number of hydrazine groups is 1. The van der Waals surface area contributed by atoms with Gasteiger partial charge in [-0.15, -0.1) is 0 Å². The summed E-state index contributed by atoms with van der Waals surface area (Å²) in [6, 6.07) is 24.3. The van der Waals surface area contributed by atoms with E-state index < -0.39 is 11.6 Å². The SMILES string of the molecule is NCC(c1ccccc1)(c1ccccc1)C1CCN(Nc2ccc(F)cc2F)C1. The van der Waals surface area contributed by atoms with Crippen LogP contribution in [0.4, 0.5) is 14.5 Å². The summed E-state index contributed by atoms with van der Waals surface area (Å²) in [6.07, 6.45) is 0.913. The molecule has 0 radical (unpaired) electrons. The van der Waals surface area contributed by atoms with Crippen LogP contribution < -0.4 is 11.2 Å². The molecule has 1 aliphatic rings. The third-order valence-corrected chi connectivity index (χ3v) is 5.99. The monoisotopic (exact) mass is 393 g/mol. The van der Waals surface area contributed by atoms with E-state index in [-0.39, 0.29) is 17.0 Å². The maximum absolute atomic E-state index is 14.1. The highest BCUT2D eigenvalue weighted by Crippen LogP contribution is 2.43. The van der Waals surface area contributed by atoms with Gasteiger partial charge in [0.2, 0.25) is 0 Å². The Balaban J connectivity index is 1.64. The van der Waals surface area contributed by atoms with Gasteiger partial charge in [-0.05, 0) is 35.6 Å². The van der Waals surface area contributed by atoms with Gasteiger partial charge in [0.25, 0.3) is 0 Å². The average molecular weight is 393 g/mol. The molecule has 1 atom stereocenters. The van der Waals surface area contributed by atoms with E-state index >= 15 is 0 Å². The largest absolute Gasteiger partial charge is 0.329 e. The summed E-state index contributed by atoms with van der Waals surface area (Å²) < 4.78 is 27.3. The van der Waals surface area contributed by atoms with Gasteiger partial charge in [-0.25, -0.2) is 13.8 Å². The van der Waals surface area contributed by atoms with Gasteiger partial charge in [0, 0.05) is 31.1 Å². The Kier molecular flexibility index (Phi) is 5.60. The molecular weight excluding hydrogens is 368 g/mol. The van der Waals surface area contributed by atoms with Crippen molar-refractivity contribution in [3.8, 4) is 0 Å². The van der Waals surface area contributed by atoms with E-state index in [0.717, 1.165) is 19.0 Å². The van der Waals surface area contributed by atoms with Crippen LogP contribution in [-0.2, 0) is 5.41 Å². The molecule has 4 rings (SSSR count). The molecule has 0 saturated carbocycles. The standard InChI is InChI=1S/C24H25F2N3/c25-21-11-12-23(22(26)15-21)28-29-14-13-20(16-29)24(17-27,18-7-3-1-4-8-18)19-9-5-2-6-10-19/h1-12,15,20,28H,13-14,16-17,27H2. The van der Waals surface area contributed by atoms with Crippen molar-refractivity contribution < 1.29 is 8.78 Å². The van der Waals surface area contributed by atoms with Crippen molar-refractivity contribution in [1.29, 1.82) is 0 Å². The molecule has 1 fully saturated rings. The summed E-state index contributed by atoms with van der Waals surface area (Å²) in [4.78, 5) is 0. The highest BCUT2D eigenvalue weighted by Gasteiger charge is 2.44. The van der Waals surface area contributed by atoms with E-state index in [1.807, 2.05) is 41.4 Å². The lowest BCUT2D eigenvalue weighted by Gasteiger charge is -2.39. The zero-order valence-corrected chi connectivity index (χ0v) is 16.2. The van der Waals surface area contributed by atoms with Crippen molar-refractivity contribution in [1.82, 2.24) is 5.01 Å². The molecule has 5 heteroatoms. The van der Waals surface area contributed by atoms with E-state index in [1.165, 1.54) is 23.3 Å². The number of anilines is 1. The van der Waals surface area contributed by atoms with E-state index in [2.05, 4.69) is 29.7 Å². The molecule has 3 aromatic rings. The van der Waals surface area contributed by atoms with E-state index in [1.54, 1.807) is 0 Å². The molecular formula is C24H25F2N3. The molecule has 1 heterocycles. The fourth-order valence-electron chi connectivity index (χ4n) is 4.53. The van der Waals surface area contributed by atoms with Crippen LogP contribution in [0.1, 0.15) is 17.5 Å². The lowest BCUT2D eigenvalue weighted by Crippen LogP contribution is -2.45. The van der Waals surface area contributed by atoms with E-state index in [0.29, 0.717) is 13.1 Å². The van der Waals surface area contributed by atoms with Crippen LogP contribution in [0, 0.1) is 17.6 Å². The lowest BCUT2D eigenvalue weighted by atomic mass is 9.65. The Morgan fingerprint density at radius 2 is 1.55 bits per heavy atom. The first kappa shape index (κ1) is 19.6. The number of nitrogens with one attached hydrogen (secondary N) is 1. The van der Waals surface area contributed by atoms with Gasteiger partial charge in [-0.1, -0.05) is 60.7 Å². The minimum atomic E-state index is -0.593. The Hall–Kier alpha value is -2.76. The Bertz CT molecular complexity index is 907. The normalized spacial score (nSPS) is 17.4. The van der Waals surface area contributed by atoms with Crippen LogP contribution in [0.5, 0.6) is 0 Å². The molecule has 3 aromatic carbocycles. The second kappa shape index (κ2) is 8.31. The maximum atomic E-state index is 14.1. The Morgan fingerprint density at radius 3 is 2.10 bits per heavy atom. The highest BCUT2D eigenvalue weighted by atomic mass is 19.1. The van der Waals surface area contributed by atoms with Gasteiger partial charge in [0.05, 0.1) is 5.69 Å². The molecule has 150 valence electrons. The third-order valence-electron chi connectivity index (χ3n) is 5.99. The second-order valence-electron chi connectivity index (χ2n) is 7.58. The summed E-state index contributed by atoms with van der Waals surface area (Å²) in [5.74, 6) is -0.930. The number of nitrogens with two attached hydrogens (primary N) is 1. The molecule has 1 unspecified atom stereocenters. The van der Waals surface area contributed by atoms with Gasteiger partial charge < -0.3 is 11.2 Å². The average Bonchev–Trinajstić information content (AvgIpc) is 3.22. The lowest BCUT2D eigenvalue weighted by molar-refractivity contribution is 0.311. The first-order chi connectivity index (χ1) is 14.1. The van der Waals surface area contributed by atoms with Crippen molar-refractivity contribution in [2.75, 3.05) is 25.1 Å². The number of benzene rings is 3. The van der Waals surface area contributed by atoms with Gasteiger partial charge in [-0.2, -0.15) is 0 Å². The van der Waals surface area contributed by atoms with Crippen molar-refractivity contribution in [2.24, 2.45) is 11.7 Å². The van der Waals surface area contributed by atoms with Gasteiger partial charge in [0.1, 0.15) is 5.82 Å². The minimum Gasteiger partial charge on any atom is -0.329 e. The molecule has 3 nitrogen and oxygen atoms in total. The van der Waals surface area contributed by atoms with Crippen LogP contribution in [-0.4, -0.2) is 24.6 Å². The summed E-state index contributed by atoms with van der Waals surface area (Å²) in [5, 5.41) is 2.00. The highest BCUT2D eigenvalue weighted by molar-refractivity contribution is 5.45. The number of nitrogens with zero attached hydrogens (tertiary/aromatic N) is 1. The Labute approximate surface area is 170 Å². The van der Waals surface area contributed by atoms with Crippen LogP contribution in [0.2, 0.25) is 0 Å². The number of rotatable bonds is 6. The first-order valence-corrected chi connectivity index (χ1v) is 9.91. The zero-order valence-electron chi connectivity index (χ0n) is 16.2. The molecule has 0 spiro atoms. The molecule has 0 aromatic heterocycles. The maximum Gasteiger partial charge on any atom is 0.150 e. The molecule has 1 saturated heterocycles. The van der Waals surface area contributed by atoms with E-state index in [4.69, 9.17) is 5.73 Å². The predicted molar refractivity (Wildman–Crippen MR) is 112 cm³/mol. The fourth-order valence-corrected chi connectivity index (χ4v) is 4.53. The van der Waals surface area contributed by atoms with E-state index in [9.17, 15) is 8.78 Å². The molecule has 1 aliphatic heterocycles. The van der Waals surface area contributed by atoms with Crippen molar-refractivity contribution in [3.63, 3.8) is 0 Å². The summed E-state index contributed by atoms with van der Waals surface area (Å²) >= 11 is 0. The second-order valence-corrected chi connectivity index (χ2v) is 7.58. The molecule has 3 N–H and O–H groups in total. The van der Waals surface area contributed by atoms with Gasteiger partial charge in [0.15, 0.2) is 5.82 Å². The van der Waals surface area contributed by atoms with Crippen molar-refractivity contribution >= 4 is 5.69 Å². The smallest absolute Gasteiger partial charge is 0.150 e. The number of hydrogen-bond acceptors (Lipinski definition) is 3. The van der Waals surface area contributed by atoms with Crippen LogP contribution in [0.25, 0.3) is 0 Å². The topological polar surface area (TPSA) is 41.3 Å². The predicted octanol–water partition coefficient (Wildman–Crippen LogP) is 4.56. The summed E-state index contributed by atoms with van der Waals surface area (Å²) in [5.41, 5.74) is 11.9. The van der Waals surface area contributed by atoms with Crippen LogP contribution >= 0.6 is 0 Å². The molecule has 0 bridgehead atoms. The van der Waals surface area contributed by atoms with Gasteiger partial charge >= 0.3 is 0 Å². The zero-order chi connectivity index (χ0) is 20.3. The molecule has 0 aliphatic carbocycles. The number of hydrogen-bond donors (Lipinski definition) is 2. The fraction of sp³-hybridized carbons (Fsp3) is 0.250. The quantitative estimate of drug-likeness (QED) is 0.645.